The van der Waals surface area contributed by atoms with Gasteiger partial charge in [-0.05, 0) is 24.3 Å². The molecule has 3 rings (SSSR count). The molecule has 0 saturated heterocycles. The lowest BCUT2D eigenvalue weighted by atomic mass is 10.1. The highest BCUT2D eigenvalue weighted by molar-refractivity contribution is 5.92. The highest BCUT2D eigenvalue weighted by Gasteiger charge is 2.18. The molecule has 3 aromatic rings. The van der Waals surface area contributed by atoms with Gasteiger partial charge >= 0.3 is 0 Å². The average Bonchev–Trinajstić information content (AvgIpc) is 2.91. The molecule has 0 fully saturated rings. The number of benzene rings is 1. The molecule has 0 radical (unpaired) electrons. The Morgan fingerprint density at radius 1 is 1.23 bits per heavy atom. The Balaban J connectivity index is 2.30. The van der Waals surface area contributed by atoms with Crippen molar-refractivity contribution in [2.75, 3.05) is 13.7 Å². The third-order valence-electron chi connectivity index (χ3n) is 3.69. The number of aryl methyl sites for hydroxylation is 1. The smallest absolute Gasteiger partial charge is 0.134 e. The summed E-state index contributed by atoms with van der Waals surface area (Å²) in [6.07, 6.45) is 2.45. The quantitative estimate of drug-likeness (QED) is 0.724. The van der Waals surface area contributed by atoms with Crippen LogP contribution in [0.5, 0.6) is 0 Å². The van der Waals surface area contributed by atoms with Crippen LogP contribution < -0.4 is 0 Å². The molecular formula is C17H18FN3O. The first-order chi connectivity index (χ1) is 10.8. The largest absolute Gasteiger partial charge is 0.383 e. The van der Waals surface area contributed by atoms with Gasteiger partial charge in [0.05, 0.1) is 28.9 Å². The van der Waals surface area contributed by atoms with Crippen molar-refractivity contribution in [3.8, 4) is 11.3 Å². The number of hydrogen-bond acceptors (Lipinski definition) is 3. The molecule has 0 amide bonds. The summed E-state index contributed by atoms with van der Waals surface area (Å²) in [6, 6.07) is 8.68. The number of ether oxygens (including phenoxy) is 1. The highest BCUT2D eigenvalue weighted by atomic mass is 19.1. The van der Waals surface area contributed by atoms with Crippen molar-refractivity contribution < 1.29 is 9.13 Å². The molecule has 1 aromatic carbocycles. The fraction of sp³-hybridized carbons (Fsp3) is 0.294. The molecule has 5 heteroatoms. The van der Waals surface area contributed by atoms with Gasteiger partial charge in [0.1, 0.15) is 11.6 Å². The molecule has 2 heterocycles. The lowest BCUT2D eigenvalue weighted by Gasteiger charge is -2.11. The van der Waals surface area contributed by atoms with Crippen molar-refractivity contribution in [2.45, 2.75) is 19.9 Å². The van der Waals surface area contributed by atoms with E-state index in [1.165, 1.54) is 6.07 Å². The molecular weight excluding hydrogens is 281 g/mol. The van der Waals surface area contributed by atoms with Gasteiger partial charge in [-0.25, -0.2) is 9.37 Å². The Morgan fingerprint density at radius 3 is 2.77 bits per heavy atom. The number of aromatic nitrogens is 3. The lowest BCUT2D eigenvalue weighted by Crippen LogP contribution is -2.08. The van der Waals surface area contributed by atoms with Crippen molar-refractivity contribution >= 4 is 11.0 Å². The summed E-state index contributed by atoms with van der Waals surface area (Å²) in [5, 5.41) is 0. The summed E-state index contributed by atoms with van der Waals surface area (Å²) >= 11 is 0. The number of nitrogens with zero attached hydrogens (tertiary/aromatic N) is 3. The molecule has 4 nitrogen and oxygen atoms in total. The number of hydrogen-bond donors (Lipinski definition) is 0. The molecule has 0 saturated carbocycles. The van der Waals surface area contributed by atoms with Crippen molar-refractivity contribution in [1.29, 1.82) is 0 Å². The van der Waals surface area contributed by atoms with Crippen LogP contribution in [0.4, 0.5) is 4.39 Å². The molecule has 0 bridgehead atoms. The maximum absolute atomic E-state index is 14.5. The van der Waals surface area contributed by atoms with Gasteiger partial charge in [0.2, 0.25) is 0 Å². The van der Waals surface area contributed by atoms with Crippen LogP contribution in [-0.2, 0) is 17.7 Å². The molecule has 0 N–H and O–H groups in total. The first kappa shape index (κ1) is 14.7. The van der Waals surface area contributed by atoms with E-state index in [9.17, 15) is 4.39 Å². The summed E-state index contributed by atoms with van der Waals surface area (Å²) in [4.78, 5) is 8.93. The number of imidazole rings is 1. The minimum Gasteiger partial charge on any atom is -0.383 e. The topological polar surface area (TPSA) is 39.9 Å². The first-order valence-corrected chi connectivity index (χ1v) is 7.34. The number of halogens is 1. The van der Waals surface area contributed by atoms with E-state index in [4.69, 9.17) is 4.74 Å². The number of methoxy groups -OCH3 is 1. The van der Waals surface area contributed by atoms with Crippen LogP contribution in [0.3, 0.4) is 0 Å². The van der Waals surface area contributed by atoms with Crippen LogP contribution >= 0.6 is 0 Å². The number of pyridine rings is 1. The second kappa shape index (κ2) is 6.23. The van der Waals surface area contributed by atoms with E-state index in [-0.39, 0.29) is 5.82 Å². The second-order valence-corrected chi connectivity index (χ2v) is 5.03. The third-order valence-corrected chi connectivity index (χ3v) is 3.69. The van der Waals surface area contributed by atoms with E-state index in [1.807, 2.05) is 29.7 Å². The lowest BCUT2D eigenvalue weighted by molar-refractivity contribution is 0.187. The predicted molar refractivity (Wildman–Crippen MR) is 84.2 cm³/mol. The molecule has 22 heavy (non-hydrogen) atoms. The zero-order valence-corrected chi connectivity index (χ0v) is 12.7. The van der Waals surface area contributed by atoms with Gasteiger partial charge in [-0.15, -0.1) is 0 Å². The number of fused-ring (bicyclic) bond motifs is 1. The van der Waals surface area contributed by atoms with Crippen LogP contribution in [0.2, 0.25) is 0 Å². The minimum atomic E-state index is -0.285. The Bertz CT molecular complexity index is 783. The molecule has 0 aliphatic heterocycles. The van der Waals surface area contributed by atoms with E-state index >= 15 is 0 Å². The molecule has 0 aliphatic carbocycles. The van der Waals surface area contributed by atoms with E-state index in [0.717, 1.165) is 23.3 Å². The van der Waals surface area contributed by atoms with E-state index in [1.54, 1.807) is 19.4 Å². The summed E-state index contributed by atoms with van der Waals surface area (Å²) in [7, 11) is 1.66. The fourth-order valence-electron chi connectivity index (χ4n) is 2.70. The second-order valence-electron chi connectivity index (χ2n) is 5.03. The van der Waals surface area contributed by atoms with Crippen LogP contribution in [0, 0.1) is 5.82 Å². The van der Waals surface area contributed by atoms with Crippen LogP contribution in [0.25, 0.3) is 22.3 Å². The average molecular weight is 299 g/mol. The van der Waals surface area contributed by atoms with Gasteiger partial charge in [0.15, 0.2) is 0 Å². The monoisotopic (exact) mass is 299 g/mol. The molecule has 2 aromatic heterocycles. The van der Waals surface area contributed by atoms with Crippen LogP contribution in [-0.4, -0.2) is 28.3 Å². The van der Waals surface area contributed by atoms with Crippen LogP contribution in [0.1, 0.15) is 12.7 Å². The molecule has 0 aliphatic rings. The van der Waals surface area contributed by atoms with E-state index in [0.29, 0.717) is 24.4 Å². The zero-order valence-electron chi connectivity index (χ0n) is 12.7. The van der Waals surface area contributed by atoms with Gasteiger partial charge < -0.3 is 9.30 Å². The highest BCUT2D eigenvalue weighted by Crippen LogP contribution is 2.31. The summed E-state index contributed by atoms with van der Waals surface area (Å²) in [5.41, 5.74) is 2.69. The van der Waals surface area contributed by atoms with Gasteiger partial charge in [0.25, 0.3) is 0 Å². The first-order valence-electron chi connectivity index (χ1n) is 7.34. The van der Waals surface area contributed by atoms with Gasteiger partial charge in [-0.3, -0.25) is 4.98 Å². The molecule has 0 atom stereocenters. The zero-order chi connectivity index (χ0) is 15.5. The number of rotatable bonds is 5. The standard InChI is InChI=1S/C17H18FN3O/c1-3-15-20-14-8-7-12(18)16(13-6-4-5-9-19-13)17(14)21(15)10-11-22-2/h4-9H,3,10-11H2,1-2H3. The van der Waals surface area contributed by atoms with Crippen LogP contribution in [0.15, 0.2) is 36.5 Å². The molecule has 0 unspecified atom stereocenters. The van der Waals surface area contributed by atoms with Crippen molar-refractivity contribution in [2.24, 2.45) is 0 Å². The summed E-state index contributed by atoms with van der Waals surface area (Å²) in [5.74, 6) is 0.641. The Hall–Kier alpha value is -2.27. The van der Waals surface area contributed by atoms with E-state index < -0.39 is 0 Å². The van der Waals surface area contributed by atoms with E-state index in [2.05, 4.69) is 9.97 Å². The maximum Gasteiger partial charge on any atom is 0.134 e. The Labute approximate surface area is 128 Å². The summed E-state index contributed by atoms with van der Waals surface area (Å²) < 4.78 is 21.7. The van der Waals surface area contributed by atoms with Crippen molar-refractivity contribution in [3.05, 3.63) is 48.2 Å². The summed E-state index contributed by atoms with van der Waals surface area (Å²) in [6.45, 7) is 3.23. The van der Waals surface area contributed by atoms with Crippen molar-refractivity contribution in [3.63, 3.8) is 0 Å². The van der Waals surface area contributed by atoms with Crippen molar-refractivity contribution in [1.82, 2.24) is 14.5 Å². The molecule has 0 spiro atoms. The van der Waals surface area contributed by atoms with Gasteiger partial charge in [-0.1, -0.05) is 13.0 Å². The molecule has 114 valence electrons. The fourth-order valence-corrected chi connectivity index (χ4v) is 2.70. The third kappa shape index (κ3) is 2.48. The minimum absolute atomic E-state index is 0.285. The Morgan fingerprint density at radius 2 is 2.09 bits per heavy atom. The normalized spacial score (nSPS) is 11.2. The Kier molecular flexibility index (Phi) is 4.15. The SMILES string of the molecule is CCc1nc2ccc(F)c(-c3ccccn3)c2n1CCOC. The maximum atomic E-state index is 14.5. The van der Waals surface area contributed by atoms with Gasteiger partial charge in [0, 0.05) is 26.3 Å². The predicted octanol–water partition coefficient (Wildman–Crippen LogP) is 3.45. The van der Waals surface area contributed by atoms with Gasteiger partial charge in [-0.2, -0.15) is 0 Å².